The number of hydrogen-bond acceptors (Lipinski definition) is 3. The van der Waals surface area contributed by atoms with E-state index in [9.17, 15) is 5.11 Å². The van der Waals surface area contributed by atoms with Gasteiger partial charge in [0.25, 0.3) is 0 Å². The van der Waals surface area contributed by atoms with Gasteiger partial charge in [-0.05, 0) is 32.1 Å². The van der Waals surface area contributed by atoms with Gasteiger partial charge in [0.15, 0.2) is 0 Å². The Kier molecular flexibility index (Phi) is 4.26. The first-order chi connectivity index (χ1) is 8.20. The molecular formula is C13H19ClN2O. The topological polar surface area (TPSA) is 26.7 Å². The second kappa shape index (κ2) is 5.71. The molecular weight excluding hydrogens is 236 g/mol. The third kappa shape index (κ3) is 3.12. The van der Waals surface area contributed by atoms with Crippen molar-refractivity contribution in [3.63, 3.8) is 0 Å². The van der Waals surface area contributed by atoms with Gasteiger partial charge in [0.05, 0.1) is 6.61 Å². The summed E-state index contributed by atoms with van der Waals surface area (Å²) in [7, 11) is 2.15. The molecule has 1 aromatic carbocycles. The van der Waals surface area contributed by atoms with E-state index in [-0.39, 0.29) is 6.61 Å². The van der Waals surface area contributed by atoms with E-state index in [0.29, 0.717) is 0 Å². The van der Waals surface area contributed by atoms with Crippen molar-refractivity contribution in [3.05, 3.63) is 28.8 Å². The third-order valence-electron chi connectivity index (χ3n) is 3.28. The van der Waals surface area contributed by atoms with Gasteiger partial charge in [-0.1, -0.05) is 17.7 Å². The highest BCUT2D eigenvalue weighted by Crippen LogP contribution is 2.26. The first-order valence-electron chi connectivity index (χ1n) is 6.03. The standard InChI is InChI=1S/C13H19ClN2O/c1-15-5-2-6-16(8-7-15)13-9-12(14)4-3-11(13)10-17/h3-4,9,17H,2,5-8,10H2,1H3. The van der Waals surface area contributed by atoms with Crippen molar-refractivity contribution in [3.8, 4) is 0 Å². The largest absolute Gasteiger partial charge is 0.392 e. The molecule has 1 fully saturated rings. The summed E-state index contributed by atoms with van der Waals surface area (Å²) in [6.07, 6.45) is 1.15. The van der Waals surface area contributed by atoms with Crippen molar-refractivity contribution in [1.29, 1.82) is 0 Å². The zero-order chi connectivity index (χ0) is 12.3. The van der Waals surface area contributed by atoms with Crippen molar-refractivity contribution in [2.45, 2.75) is 13.0 Å². The maximum absolute atomic E-state index is 9.38. The Morgan fingerprint density at radius 1 is 1.24 bits per heavy atom. The zero-order valence-corrected chi connectivity index (χ0v) is 11.0. The Morgan fingerprint density at radius 3 is 2.82 bits per heavy atom. The minimum atomic E-state index is 0.0683. The molecule has 1 heterocycles. The summed E-state index contributed by atoms with van der Waals surface area (Å²) in [5, 5.41) is 10.1. The second-order valence-corrected chi connectivity index (χ2v) is 5.01. The molecule has 1 saturated heterocycles. The Bertz CT molecular complexity index is 384. The average Bonchev–Trinajstić information content (AvgIpc) is 2.54. The van der Waals surface area contributed by atoms with E-state index in [1.807, 2.05) is 18.2 Å². The van der Waals surface area contributed by atoms with Crippen molar-refractivity contribution < 1.29 is 5.11 Å². The SMILES string of the molecule is CN1CCCN(c2cc(Cl)ccc2CO)CC1. The number of benzene rings is 1. The second-order valence-electron chi connectivity index (χ2n) is 4.58. The van der Waals surface area contributed by atoms with Crippen molar-refractivity contribution in [2.24, 2.45) is 0 Å². The molecule has 94 valence electrons. The van der Waals surface area contributed by atoms with Gasteiger partial charge < -0.3 is 14.9 Å². The molecule has 0 saturated carbocycles. The Morgan fingerprint density at radius 2 is 2.06 bits per heavy atom. The number of rotatable bonds is 2. The monoisotopic (exact) mass is 254 g/mol. The van der Waals surface area contributed by atoms with Crippen molar-refractivity contribution >= 4 is 17.3 Å². The first-order valence-corrected chi connectivity index (χ1v) is 6.41. The number of aliphatic hydroxyl groups excluding tert-OH is 1. The summed E-state index contributed by atoms with van der Waals surface area (Å²) in [4.78, 5) is 4.66. The fourth-order valence-corrected chi connectivity index (χ4v) is 2.42. The zero-order valence-electron chi connectivity index (χ0n) is 10.2. The van der Waals surface area contributed by atoms with Crippen LogP contribution in [0.5, 0.6) is 0 Å². The maximum Gasteiger partial charge on any atom is 0.0702 e. The summed E-state index contributed by atoms with van der Waals surface area (Å²) < 4.78 is 0. The van der Waals surface area contributed by atoms with Crippen LogP contribution < -0.4 is 4.90 Å². The fourth-order valence-electron chi connectivity index (χ4n) is 2.25. The number of anilines is 1. The van der Waals surface area contributed by atoms with Crippen LogP contribution in [0.1, 0.15) is 12.0 Å². The van der Waals surface area contributed by atoms with Crippen LogP contribution in [0, 0.1) is 0 Å². The van der Waals surface area contributed by atoms with Gasteiger partial charge in [0, 0.05) is 35.9 Å². The molecule has 0 aromatic heterocycles. The minimum absolute atomic E-state index is 0.0683. The normalized spacial score (nSPS) is 18.2. The van der Waals surface area contributed by atoms with Gasteiger partial charge in [0.1, 0.15) is 0 Å². The molecule has 0 bridgehead atoms. The average molecular weight is 255 g/mol. The van der Waals surface area contributed by atoms with Gasteiger partial charge >= 0.3 is 0 Å². The van der Waals surface area contributed by atoms with E-state index < -0.39 is 0 Å². The number of aliphatic hydroxyl groups is 1. The lowest BCUT2D eigenvalue weighted by Gasteiger charge is -2.25. The van der Waals surface area contributed by atoms with Crippen LogP contribution >= 0.6 is 11.6 Å². The van der Waals surface area contributed by atoms with Crippen LogP contribution in [-0.4, -0.2) is 43.2 Å². The fraction of sp³-hybridized carbons (Fsp3) is 0.538. The minimum Gasteiger partial charge on any atom is -0.392 e. The highest BCUT2D eigenvalue weighted by atomic mass is 35.5. The molecule has 4 heteroatoms. The smallest absolute Gasteiger partial charge is 0.0702 e. The molecule has 2 rings (SSSR count). The van der Waals surface area contributed by atoms with Crippen molar-refractivity contribution in [2.75, 3.05) is 38.1 Å². The predicted molar refractivity (Wildman–Crippen MR) is 71.7 cm³/mol. The third-order valence-corrected chi connectivity index (χ3v) is 3.51. The number of halogens is 1. The molecule has 1 N–H and O–H groups in total. The lowest BCUT2D eigenvalue weighted by Crippen LogP contribution is -2.29. The first kappa shape index (κ1) is 12.7. The van der Waals surface area contributed by atoms with Crippen LogP contribution in [0.2, 0.25) is 5.02 Å². The number of nitrogens with zero attached hydrogens (tertiary/aromatic N) is 2. The van der Waals surface area contributed by atoms with Gasteiger partial charge in [-0.3, -0.25) is 0 Å². The van der Waals surface area contributed by atoms with E-state index in [0.717, 1.165) is 48.9 Å². The van der Waals surface area contributed by atoms with E-state index in [4.69, 9.17) is 11.6 Å². The van der Waals surface area contributed by atoms with Gasteiger partial charge in [0.2, 0.25) is 0 Å². The van der Waals surface area contributed by atoms with Gasteiger partial charge in [-0.2, -0.15) is 0 Å². The molecule has 0 spiro atoms. The maximum atomic E-state index is 9.38. The van der Waals surface area contributed by atoms with Gasteiger partial charge in [-0.15, -0.1) is 0 Å². The number of likely N-dealkylation sites (N-methyl/N-ethyl adjacent to an activating group) is 1. The molecule has 1 aliphatic heterocycles. The molecule has 0 atom stereocenters. The van der Waals surface area contributed by atoms with Crippen LogP contribution in [0.3, 0.4) is 0 Å². The van der Waals surface area contributed by atoms with E-state index >= 15 is 0 Å². The van der Waals surface area contributed by atoms with E-state index in [1.54, 1.807) is 0 Å². The molecule has 0 aliphatic carbocycles. The lowest BCUT2D eigenvalue weighted by atomic mass is 10.1. The summed E-state index contributed by atoms with van der Waals surface area (Å²) >= 11 is 6.04. The van der Waals surface area contributed by atoms with Crippen molar-refractivity contribution in [1.82, 2.24) is 4.90 Å². The quantitative estimate of drug-likeness (QED) is 0.874. The highest BCUT2D eigenvalue weighted by molar-refractivity contribution is 6.30. The molecule has 3 nitrogen and oxygen atoms in total. The lowest BCUT2D eigenvalue weighted by molar-refractivity contribution is 0.282. The van der Waals surface area contributed by atoms with Crippen LogP contribution in [-0.2, 0) is 6.61 Å². The Balaban J connectivity index is 2.22. The highest BCUT2D eigenvalue weighted by Gasteiger charge is 2.15. The Hall–Kier alpha value is -0.770. The molecule has 1 aromatic rings. The molecule has 17 heavy (non-hydrogen) atoms. The molecule has 1 aliphatic rings. The molecule has 0 radical (unpaired) electrons. The van der Waals surface area contributed by atoms with Crippen LogP contribution in [0.25, 0.3) is 0 Å². The summed E-state index contributed by atoms with van der Waals surface area (Å²) in [5.41, 5.74) is 2.04. The number of hydrogen-bond donors (Lipinski definition) is 1. The summed E-state index contributed by atoms with van der Waals surface area (Å²) in [5.74, 6) is 0. The Labute approximate surface area is 108 Å². The predicted octanol–water partition coefficient (Wildman–Crippen LogP) is 1.97. The molecule has 0 unspecified atom stereocenters. The van der Waals surface area contributed by atoms with Crippen LogP contribution in [0.4, 0.5) is 5.69 Å². The summed E-state index contributed by atoms with van der Waals surface area (Å²) in [6, 6.07) is 5.70. The van der Waals surface area contributed by atoms with E-state index in [1.165, 1.54) is 0 Å². The van der Waals surface area contributed by atoms with Crippen LogP contribution in [0.15, 0.2) is 18.2 Å². The van der Waals surface area contributed by atoms with Gasteiger partial charge in [-0.25, -0.2) is 0 Å². The van der Waals surface area contributed by atoms with E-state index in [2.05, 4.69) is 16.8 Å². The molecule has 0 amide bonds. The summed E-state index contributed by atoms with van der Waals surface area (Å²) in [6.45, 7) is 4.27.